The largest absolute Gasteiger partial charge is 0.311 e. The fourth-order valence-electron chi connectivity index (χ4n) is 3.69. The van der Waals surface area contributed by atoms with Crippen molar-refractivity contribution in [1.82, 2.24) is 10.0 Å². The molecule has 126 valence electrons. The number of hydrogen-bond acceptors (Lipinski definition) is 5. The van der Waals surface area contributed by atoms with Crippen LogP contribution in [-0.4, -0.2) is 31.5 Å². The second kappa shape index (κ2) is 5.85. The van der Waals surface area contributed by atoms with Gasteiger partial charge in [0, 0.05) is 24.2 Å². The fraction of sp³-hybridized carbons (Fsp3) is 0.600. The Hall–Kier alpha value is -1.51. The molecule has 0 aliphatic carbocycles. The molecule has 1 aromatic rings. The van der Waals surface area contributed by atoms with Gasteiger partial charge in [0.25, 0.3) is 5.69 Å². The van der Waals surface area contributed by atoms with E-state index in [1.54, 1.807) is 19.9 Å². The van der Waals surface area contributed by atoms with E-state index in [4.69, 9.17) is 0 Å². The van der Waals surface area contributed by atoms with Crippen LogP contribution in [0.5, 0.6) is 0 Å². The van der Waals surface area contributed by atoms with E-state index in [1.165, 1.54) is 6.07 Å². The van der Waals surface area contributed by atoms with Crippen molar-refractivity contribution in [3.05, 3.63) is 33.4 Å². The second-order valence-corrected chi connectivity index (χ2v) is 8.19. The number of fused-ring (bicyclic) bond motifs is 2. The summed E-state index contributed by atoms with van der Waals surface area (Å²) in [5.74, 6) is 0. The van der Waals surface area contributed by atoms with Crippen molar-refractivity contribution in [2.75, 3.05) is 0 Å². The Labute approximate surface area is 135 Å². The number of nitrogens with one attached hydrogen (secondary N) is 2. The fourth-order valence-corrected chi connectivity index (χ4v) is 5.42. The first-order valence-corrected chi connectivity index (χ1v) is 9.29. The smallest absolute Gasteiger partial charge is 0.289 e. The van der Waals surface area contributed by atoms with E-state index < -0.39 is 14.9 Å². The van der Waals surface area contributed by atoms with Crippen molar-refractivity contribution in [3.8, 4) is 0 Å². The number of nitrogens with zero attached hydrogens (tertiary/aromatic N) is 1. The van der Waals surface area contributed by atoms with Crippen molar-refractivity contribution in [1.29, 1.82) is 0 Å². The summed E-state index contributed by atoms with van der Waals surface area (Å²) in [5.41, 5.74) is 0.794. The molecule has 2 N–H and O–H groups in total. The van der Waals surface area contributed by atoms with Gasteiger partial charge in [0.2, 0.25) is 10.0 Å². The maximum atomic E-state index is 12.8. The molecule has 2 fully saturated rings. The van der Waals surface area contributed by atoms with Gasteiger partial charge in [-0.3, -0.25) is 10.1 Å². The summed E-state index contributed by atoms with van der Waals surface area (Å²) in [7, 11) is -3.93. The minimum absolute atomic E-state index is 0.168. The molecule has 8 heteroatoms. The van der Waals surface area contributed by atoms with Gasteiger partial charge in [0.15, 0.2) is 4.90 Å². The number of nitro benzene ring substituents is 1. The highest BCUT2D eigenvalue weighted by Crippen LogP contribution is 2.32. The first kappa shape index (κ1) is 16.4. The summed E-state index contributed by atoms with van der Waals surface area (Å²) in [4.78, 5) is 10.4. The highest BCUT2D eigenvalue weighted by atomic mass is 32.2. The second-order valence-electron chi connectivity index (χ2n) is 6.54. The van der Waals surface area contributed by atoms with E-state index in [-0.39, 0.29) is 16.6 Å². The number of piperidine rings is 1. The molecule has 0 saturated carbocycles. The first-order chi connectivity index (χ1) is 10.8. The normalized spacial score (nSPS) is 27.1. The number of nitro groups is 1. The zero-order chi connectivity index (χ0) is 16.8. The van der Waals surface area contributed by atoms with Gasteiger partial charge in [-0.05, 0) is 50.7 Å². The van der Waals surface area contributed by atoms with Gasteiger partial charge < -0.3 is 5.32 Å². The van der Waals surface area contributed by atoms with Crippen molar-refractivity contribution < 1.29 is 13.3 Å². The summed E-state index contributed by atoms with van der Waals surface area (Å²) < 4.78 is 28.3. The number of hydrogen-bond donors (Lipinski definition) is 2. The molecule has 23 heavy (non-hydrogen) atoms. The summed E-state index contributed by atoms with van der Waals surface area (Å²) in [6, 6.07) is 3.36. The van der Waals surface area contributed by atoms with Gasteiger partial charge in [0.05, 0.1) is 4.92 Å². The summed E-state index contributed by atoms with van der Waals surface area (Å²) in [5, 5.41) is 14.7. The summed E-state index contributed by atoms with van der Waals surface area (Å²) in [6.07, 6.45) is 3.59. The van der Waals surface area contributed by atoms with Crippen LogP contribution in [0.3, 0.4) is 0 Å². The Morgan fingerprint density at radius 3 is 2.39 bits per heavy atom. The molecular formula is C15H21N3O4S. The zero-order valence-electron chi connectivity index (χ0n) is 13.2. The van der Waals surface area contributed by atoms with Crippen molar-refractivity contribution >= 4 is 15.7 Å². The van der Waals surface area contributed by atoms with E-state index in [9.17, 15) is 18.5 Å². The van der Waals surface area contributed by atoms with Crippen molar-refractivity contribution in [2.24, 2.45) is 0 Å². The highest BCUT2D eigenvalue weighted by molar-refractivity contribution is 7.89. The van der Waals surface area contributed by atoms with Gasteiger partial charge in [-0.2, -0.15) is 0 Å². The molecule has 2 aliphatic heterocycles. The van der Waals surface area contributed by atoms with E-state index in [0.29, 0.717) is 17.6 Å². The summed E-state index contributed by atoms with van der Waals surface area (Å²) in [6.45, 7) is 3.37. The minimum Gasteiger partial charge on any atom is -0.311 e. The maximum absolute atomic E-state index is 12.8. The maximum Gasteiger partial charge on any atom is 0.289 e. The topological polar surface area (TPSA) is 101 Å². The third kappa shape index (κ3) is 3.11. The standard InChI is InChI=1S/C15H21N3O4S/c1-9-3-6-14(18(19)20)15(10(9)2)23(21,22)17-13-7-11-4-5-12(8-13)16-11/h3,6,11-13,16-17H,4-5,7-8H2,1-2H3. The van der Waals surface area contributed by atoms with E-state index >= 15 is 0 Å². The Balaban J connectivity index is 1.93. The number of aryl methyl sites for hydroxylation is 1. The monoisotopic (exact) mass is 339 g/mol. The van der Waals surface area contributed by atoms with Crippen LogP contribution in [0, 0.1) is 24.0 Å². The van der Waals surface area contributed by atoms with E-state index in [0.717, 1.165) is 31.2 Å². The Morgan fingerprint density at radius 2 is 1.83 bits per heavy atom. The molecule has 3 rings (SSSR count). The van der Waals surface area contributed by atoms with Crippen LogP contribution in [0.25, 0.3) is 0 Å². The molecule has 2 bridgehead atoms. The minimum atomic E-state index is -3.93. The van der Waals surface area contributed by atoms with Crippen molar-refractivity contribution in [3.63, 3.8) is 0 Å². The molecule has 1 aromatic carbocycles. The number of sulfonamides is 1. The molecule has 0 amide bonds. The predicted molar refractivity (Wildman–Crippen MR) is 85.9 cm³/mol. The quantitative estimate of drug-likeness (QED) is 0.643. The lowest BCUT2D eigenvalue weighted by Gasteiger charge is -2.29. The van der Waals surface area contributed by atoms with Crippen LogP contribution in [-0.2, 0) is 10.0 Å². The molecule has 0 aromatic heterocycles. The Bertz CT molecular complexity index is 735. The molecule has 2 aliphatic rings. The Kier molecular flexibility index (Phi) is 4.16. The van der Waals surface area contributed by atoms with Crippen LogP contribution < -0.4 is 10.0 Å². The molecule has 2 unspecified atom stereocenters. The van der Waals surface area contributed by atoms with Crippen LogP contribution in [0.1, 0.15) is 36.8 Å². The van der Waals surface area contributed by atoms with Gasteiger partial charge in [-0.15, -0.1) is 0 Å². The first-order valence-electron chi connectivity index (χ1n) is 7.81. The molecule has 2 heterocycles. The number of rotatable bonds is 4. The van der Waals surface area contributed by atoms with Gasteiger partial charge in [0.1, 0.15) is 0 Å². The van der Waals surface area contributed by atoms with Crippen molar-refractivity contribution in [2.45, 2.75) is 62.6 Å². The molecule has 0 radical (unpaired) electrons. The molecule has 2 atom stereocenters. The van der Waals surface area contributed by atoms with Crippen LogP contribution in [0.2, 0.25) is 0 Å². The van der Waals surface area contributed by atoms with E-state index in [1.807, 2.05) is 0 Å². The van der Waals surface area contributed by atoms with Crippen LogP contribution in [0.4, 0.5) is 5.69 Å². The third-order valence-electron chi connectivity index (χ3n) is 4.92. The lowest BCUT2D eigenvalue weighted by atomic mass is 10.0. The van der Waals surface area contributed by atoms with Crippen LogP contribution in [0.15, 0.2) is 17.0 Å². The number of benzene rings is 1. The predicted octanol–water partition coefficient (Wildman–Crippen LogP) is 1.77. The highest BCUT2D eigenvalue weighted by Gasteiger charge is 2.37. The molecule has 0 spiro atoms. The lowest BCUT2D eigenvalue weighted by molar-refractivity contribution is -0.387. The SMILES string of the molecule is Cc1ccc([N+](=O)[O-])c(S(=O)(=O)NC2CC3CCC(C2)N3)c1C. The Morgan fingerprint density at radius 1 is 1.22 bits per heavy atom. The molecule has 7 nitrogen and oxygen atoms in total. The van der Waals surface area contributed by atoms with Gasteiger partial charge in [-0.1, -0.05) is 6.07 Å². The average Bonchev–Trinajstić information content (AvgIpc) is 2.79. The zero-order valence-corrected chi connectivity index (χ0v) is 14.0. The average molecular weight is 339 g/mol. The van der Waals surface area contributed by atoms with Gasteiger partial charge in [-0.25, -0.2) is 13.1 Å². The summed E-state index contributed by atoms with van der Waals surface area (Å²) >= 11 is 0. The molecule has 2 saturated heterocycles. The molecular weight excluding hydrogens is 318 g/mol. The van der Waals surface area contributed by atoms with Crippen LogP contribution >= 0.6 is 0 Å². The third-order valence-corrected chi connectivity index (χ3v) is 6.61. The van der Waals surface area contributed by atoms with Gasteiger partial charge >= 0.3 is 0 Å². The van der Waals surface area contributed by atoms with E-state index in [2.05, 4.69) is 10.0 Å². The lowest BCUT2D eigenvalue weighted by Crippen LogP contribution is -2.48.